The Balaban J connectivity index is 3.11. The molecule has 5 nitrogen and oxygen atoms in total. The van der Waals surface area contributed by atoms with Crippen LogP contribution in [-0.4, -0.2) is 46.2 Å². The van der Waals surface area contributed by atoms with Gasteiger partial charge in [-0.15, -0.1) is 0 Å². The molecular weight excluding hydrogens is 174 g/mol. The molecule has 0 aromatic rings. The quantitative estimate of drug-likeness (QED) is 0.592. The number of amides is 1. The summed E-state index contributed by atoms with van der Waals surface area (Å²) < 4.78 is 14.5. The number of alkyl carbamates (subject to hydrolysis) is 1. The molecule has 78 valence electrons. The highest BCUT2D eigenvalue weighted by Gasteiger charge is 1.98. The fraction of sp³-hybridized carbons (Fsp3) is 0.875. The Bertz CT molecular complexity index is 129. The second kappa shape index (κ2) is 9.28. The topological polar surface area (TPSA) is 56.8 Å². The summed E-state index contributed by atoms with van der Waals surface area (Å²) in [7, 11) is 1.57. The summed E-state index contributed by atoms with van der Waals surface area (Å²) in [6.45, 7) is 4.19. The fourth-order valence-corrected chi connectivity index (χ4v) is 0.644. The van der Waals surface area contributed by atoms with Crippen LogP contribution in [0, 0.1) is 0 Å². The van der Waals surface area contributed by atoms with E-state index in [1.54, 1.807) is 7.11 Å². The maximum absolute atomic E-state index is 10.8. The lowest BCUT2D eigenvalue weighted by molar-refractivity contribution is 0.0776. The van der Waals surface area contributed by atoms with Crippen LogP contribution in [0.5, 0.6) is 0 Å². The van der Waals surface area contributed by atoms with Crippen LogP contribution in [0.1, 0.15) is 6.92 Å². The van der Waals surface area contributed by atoms with Gasteiger partial charge in [-0.3, -0.25) is 0 Å². The lowest BCUT2D eigenvalue weighted by Gasteiger charge is -2.05. The molecule has 0 heterocycles. The van der Waals surface area contributed by atoms with E-state index >= 15 is 0 Å². The van der Waals surface area contributed by atoms with Crippen molar-refractivity contribution in [2.45, 2.75) is 6.92 Å². The molecular formula is C8H17NO4. The number of hydrogen-bond acceptors (Lipinski definition) is 4. The summed E-state index contributed by atoms with van der Waals surface area (Å²) in [5.74, 6) is 0. The molecule has 0 spiro atoms. The van der Waals surface area contributed by atoms with Crippen LogP contribution in [0.4, 0.5) is 4.79 Å². The van der Waals surface area contributed by atoms with E-state index in [9.17, 15) is 4.79 Å². The van der Waals surface area contributed by atoms with Crippen molar-refractivity contribution in [2.24, 2.45) is 0 Å². The van der Waals surface area contributed by atoms with Gasteiger partial charge in [-0.05, 0) is 6.92 Å². The molecule has 0 atom stereocenters. The van der Waals surface area contributed by atoms with Gasteiger partial charge in [0.05, 0.1) is 13.2 Å². The van der Waals surface area contributed by atoms with Crippen molar-refractivity contribution in [3.63, 3.8) is 0 Å². The Morgan fingerprint density at radius 3 is 2.69 bits per heavy atom. The van der Waals surface area contributed by atoms with E-state index in [2.05, 4.69) is 5.32 Å². The fourth-order valence-electron chi connectivity index (χ4n) is 0.644. The number of methoxy groups -OCH3 is 1. The van der Waals surface area contributed by atoms with Crippen molar-refractivity contribution < 1.29 is 19.0 Å². The average molecular weight is 191 g/mol. The van der Waals surface area contributed by atoms with Gasteiger partial charge in [-0.25, -0.2) is 4.79 Å². The molecule has 1 amide bonds. The van der Waals surface area contributed by atoms with Crippen LogP contribution in [-0.2, 0) is 14.2 Å². The van der Waals surface area contributed by atoms with E-state index < -0.39 is 6.09 Å². The highest BCUT2D eigenvalue weighted by molar-refractivity contribution is 5.66. The number of rotatable bonds is 7. The van der Waals surface area contributed by atoms with Gasteiger partial charge in [0.25, 0.3) is 0 Å². The lowest BCUT2D eigenvalue weighted by atomic mass is 10.7. The van der Waals surface area contributed by atoms with E-state index in [4.69, 9.17) is 14.2 Å². The third kappa shape index (κ3) is 9.10. The smallest absolute Gasteiger partial charge is 0.407 e. The molecule has 0 aliphatic rings. The third-order valence-corrected chi connectivity index (χ3v) is 1.24. The first kappa shape index (κ1) is 12.2. The van der Waals surface area contributed by atoms with Crippen LogP contribution in [0.15, 0.2) is 0 Å². The minimum absolute atomic E-state index is 0.284. The summed E-state index contributed by atoms with van der Waals surface area (Å²) in [6, 6.07) is 0. The van der Waals surface area contributed by atoms with Crippen LogP contribution in [0.3, 0.4) is 0 Å². The molecule has 0 fully saturated rings. The molecule has 0 rings (SSSR count). The number of nitrogens with one attached hydrogen (secondary N) is 1. The zero-order chi connectivity index (χ0) is 9.94. The Morgan fingerprint density at radius 2 is 2.08 bits per heavy atom. The van der Waals surface area contributed by atoms with Crippen molar-refractivity contribution in [3.05, 3.63) is 0 Å². The average Bonchev–Trinajstić information content (AvgIpc) is 2.13. The van der Waals surface area contributed by atoms with Crippen LogP contribution in [0.25, 0.3) is 0 Å². The molecule has 0 aliphatic carbocycles. The first-order valence-corrected chi connectivity index (χ1v) is 4.28. The standard InChI is InChI=1S/C8H17NO4/c1-3-12-6-7-13-8(10)9-4-5-11-2/h3-7H2,1-2H3,(H,9,10). The van der Waals surface area contributed by atoms with Gasteiger partial charge in [-0.1, -0.05) is 0 Å². The number of ether oxygens (including phenoxy) is 3. The highest BCUT2D eigenvalue weighted by atomic mass is 16.6. The van der Waals surface area contributed by atoms with Crippen LogP contribution < -0.4 is 5.32 Å². The summed E-state index contributed by atoms with van der Waals surface area (Å²) in [5.41, 5.74) is 0. The minimum atomic E-state index is -0.434. The van der Waals surface area contributed by atoms with E-state index in [1.165, 1.54) is 0 Å². The molecule has 0 radical (unpaired) electrons. The van der Waals surface area contributed by atoms with Gasteiger partial charge >= 0.3 is 6.09 Å². The van der Waals surface area contributed by atoms with Gasteiger partial charge in [0, 0.05) is 20.3 Å². The van der Waals surface area contributed by atoms with E-state index in [-0.39, 0.29) is 6.61 Å². The highest BCUT2D eigenvalue weighted by Crippen LogP contribution is 1.79. The van der Waals surface area contributed by atoms with Gasteiger partial charge < -0.3 is 19.5 Å². The van der Waals surface area contributed by atoms with Crippen molar-refractivity contribution in [1.82, 2.24) is 5.32 Å². The van der Waals surface area contributed by atoms with Gasteiger partial charge in [0.2, 0.25) is 0 Å². The second-order valence-electron chi connectivity index (χ2n) is 2.25. The SMILES string of the molecule is CCOCCOC(=O)NCCOC. The summed E-state index contributed by atoms with van der Waals surface area (Å²) in [5, 5.41) is 2.52. The third-order valence-electron chi connectivity index (χ3n) is 1.24. The monoisotopic (exact) mass is 191 g/mol. The largest absolute Gasteiger partial charge is 0.447 e. The summed E-state index contributed by atoms with van der Waals surface area (Å²) in [4.78, 5) is 10.8. The molecule has 0 aromatic carbocycles. The van der Waals surface area contributed by atoms with Crippen LogP contribution in [0.2, 0.25) is 0 Å². The molecule has 0 aliphatic heterocycles. The molecule has 13 heavy (non-hydrogen) atoms. The summed E-state index contributed by atoms with van der Waals surface area (Å²) >= 11 is 0. The Morgan fingerprint density at radius 1 is 1.31 bits per heavy atom. The zero-order valence-electron chi connectivity index (χ0n) is 8.17. The van der Waals surface area contributed by atoms with Crippen molar-refractivity contribution >= 4 is 6.09 Å². The van der Waals surface area contributed by atoms with Gasteiger partial charge in [0.1, 0.15) is 6.61 Å². The van der Waals surface area contributed by atoms with E-state index in [1.807, 2.05) is 6.92 Å². The maximum Gasteiger partial charge on any atom is 0.407 e. The van der Waals surface area contributed by atoms with E-state index in [0.717, 1.165) is 0 Å². The number of hydrogen-bond donors (Lipinski definition) is 1. The van der Waals surface area contributed by atoms with Gasteiger partial charge in [0.15, 0.2) is 0 Å². The second-order valence-corrected chi connectivity index (χ2v) is 2.25. The minimum Gasteiger partial charge on any atom is -0.447 e. The molecule has 5 heteroatoms. The van der Waals surface area contributed by atoms with Crippen LogP contribution >= 0.6 is 0 Å². The Labute approximate surface area is 78.3 Å². The van der Waals surface area contributed by atoms with Crippen molar-refractivity contribution in [1.29, 1.82) is 0 Å². The Hall–Kier alpha value is -0.810. The molecule has 0 aromatic heterocycles. The predicted molar refractivity (Wildman–Crippen MR) is 47.7 cm³/mol. The Kier molecular flexibility index (Phi) is 8.70. The van der Waals surface area contributed by atoms with Crippen molar-refractivity contribution in [2.75, 3.05) is 40.1 Å². The van der Waals surface area contributed by atoms with Gasteiger partial charge in [-0.2, -0.15) is 0 Å². The first-order valence-electron chi connectivity index (χ1n) is 4.28. The predicted octanol–water partition coefficient (Wildman–Crippen LogP) is 0.396. The lowest BCUT2D eigenvalue weighted by Crippen LogP contribution is -2.28. The summed E-state index contributed by atoms with van der Waals surface area (Å²) in [6.07, 6.45) is -0.434. The number of carbonyl (C=O) groups is 1. The maximum atomic E-state index is 10.8. The molecule has 1 N–H and O–H groups in total. The molecule has 0 saturated carbocycles. The zero-order valence-corrected chi connectivity index (χ0v) is 8.17. The normalized spacial score (nSPS) is 9.69. The van der Waals surface area contributed by atoms with E-state index in [0.29, 0.717) is 26.4 Å². The molecule has 0 unspecified atom stereocenters. The first-order chi connectivity index (χ1) is 6.31. The number of carbonyl (C=O) groups excluding carboxylic acids is 1. The van der Waals surface area contributed by atoms with Crippen molar-refractivity contribution in [3.8, 4) is 0 Å². The molecule has 0 saturated heterocycles. The molecule has 0 bridgehead atoms.